The molecule has 1 N–H and O–H groups in total. The number of ketones is 1. The van der Waals surface area contributed by atoms with Gasteiger partial charge in [0.1, 0.15) is 11.5 Å². The zero-order valence-corrected chi connectivity index (χ0v) is 18.7. The van der Waals surface area contributed by atoms with E-state index in [4.69, 9.17) is 32.7 Å². The number of aliphatic hydroxyl groups is 1. The van der Waals surface area contributed by atoms with E-state index < -0.39 is 17.7 Å². The molecule has 1 aliphatic rings. The quantitative estimate of drug-likeness (QED) is 0.262. The van der Waals surface area contributed by atoms with Gasteiger partial charge in [-0.15, -0.1) is 0 Å². The third-order valence-electron chi connectivity index (χ3n) is 5.05. The molecular weight excluding hydrogens is 441 g/mol. The Kier molecular flexibility index (Phi) is 7.59. The molecule has 2 aromatic carbocycles. The summed E-state index contributed by atoms with van der Waals surface area (Å²) in [5.41, 5.74) is 0.885. The third kappa shape index (κ3) is 4.87. The highest BCUT2D eigenvalue weighted by molar-refractivity contribution is 6.47. The molecule has 1 atom stereocenters. The number of likely N-dealkylation sites (tertiary alicyclic amines) is 1. The fourth-order valence-corrected chi connectivity index (χ4v) is 4.05. The van der Waals surface area contributed by atoms with Gasteiger partial charge in [0.15, 0.2) is 0 Å². The van der Waals surface area contributed by atoms with E-state index in [9.17, 15) is 14.7 Å². The van der Waals surface area contributed by atoms with Crippen LogP contribution in [-0.2, 0) is 14.3 Å². The number of aliphatic hydroxyl groups excluding tert-OH is 1. The number of carbonyl (C=O) groups excluding carboxylic acids is 2. The van der Waals surface area contributed by atoms with Crippen LogP contribution in [0.5, 0.6) is 5.75 Å². The third-order valence-corrected chi connectivity index (χ3v) is 5.61. The van der Waals surface area contributed by atoms with Gasteiger partial charge >= 0.3 is 0 Å². The first-order chi connectivity index (χ1) is 14.9. The lowest BCUT2D eigenvalue weighted by molar-refractivity contribution is -0.140. The molecule has 164 valence electrons. The van der Waals surface area contributed by atoms with Gasteiger partial charge in [-0.25, -0.2) is 0 Å². The summed E-state index contributed by atoms with van der Waals surface area (Å²) in [6.45, 7) is 3.16. The number of methoxy groups -OCH3 is 1. The molecule has 0 radical (unpaired) electrons. The summed E-state index contributed by atoms with van der Waals surface area (Å²) >= 11 is 12.5. The second-order valence-electron chi connectivity index (χ2n) is 6.94. The average Bonchev–Trinajstić information content (AvgIpc) is 3.01. The van der Waals surface area contributed by atoms with Gasteiger partial charge in [0.2, 0.25) is 0 Å². The number of ether oxygens (including phenoxy) is 2. The summed E-state index contributed by atoms with van der Waals surface area (Å²) in [6, 6.07) is 10.6. The summed E-state index contributed by atoms with van der Waals surface area (Å²) < 4.78 is 10.5. The Morgan fingerprint density at radius 3 is 2.45 bits per heavy atom. The molecule has 8 heteroatoms. The number of Topliss-reactive ketones (excluding diaryl/α,β-unsaturated/α-hetero) is 1. The molecule has 0 aliphatic carbocycles. The van der Waals surface area contributed by atoms with Gasteiger partial charge in [-0.05, 0) is 55.3 Å². The molecule has 0 bridgehead atoms. The maximum absolute atomic E-state index is 13.0. The zero-order chi connectivity index (χ0) is 22.5. The summed E-state index contributed by atoms with van der Waals surface area (Å²) in [5, 5.41) is 11.8. The van der Waals surface area contributed by atoms with Crippen LogP contribution in [0, 0.1) is 0 Å². The number of amides is 1. The molecule has 0 unspecified atom stereocenters. The van der Waals surface area contributed by atoms with Gasteiger partial charge in [0.05, 0.1) is 18.7 Å². The number of rotatable bonds is 8. The van der Waals surface area contributed by atoms with E-state index in [0.717, 1.165) is 0 Å². The summed E-state index contributed by atoms with van der Waals surface area (Å²) in [5.74, 6) is -1.13. The molecule has 0 spiro atoms. The van der Waals surface area contributed by atoms with Gasteiger partial charge in [-0.1, -0.05) is 29.3 Å². The van der Waals surface area contributed by atoms with Crippen LogP contribution in [0.25, 0.3) is 5.76 Å². The Morgan fingerprint density at radius 1 is 1.13 bits per heavy atom. The van der Waals surface area contributed by atoms with Gasteiger partial charge in [0.25, 0.3) is 11.7 Å². The predicted octanol–water partition coefficient (Wildman–Crippen LogP) is 4.85. The second kappa shape index (κ2) is 10.2. The normalized spacial score (nSPS) is 17.9. The molecule has 0 aromatic heterocycles. The molecular formula is C23H23Cl2NO5. The molecule has 1 fully saturated rings. The molecule has 1 amide bonds. The number of hydrogen-bond acceptors (Lipinski definition) is 5. The van der Waals surface area contributed by atoms with Crippen LogP contribution in [0.3, 0.4) is 0 Å². The summed E-state index contributed by atoms with van der Waals surface area (Å²) in [4.78, 5) is 27.3. The SMILES string of the molecule is CCOCCCN1C(=O)C(=O)C(=C(O)c2ccc(OC)cc2)[C@H]1c1ccc(Cl)cc1Cl. The van der Waals surface area contributed by atoms with Crippen molar-refractivity contribution in [2.45, 2.75) is 19.4 Å². The lowest BCUT2D eigenvalue weighted by Crippen LogP contribution is -2.31. The van der Waals surface area contributed by atoms with Gasteiger partial charge in [-0.2, -0.15) is 0 Å². The monoisotopic (exact) mass is 463 g/mol. The van der Waals surface area contributed by atoms with Crippen molar-refractivity contribution in [3.8, 4) is 5.75 Å². The molecule has 6 nitrogen and oxygen atoms in total. The zero-order valence-electron chi connectivity index (χ0n) is 17.2. The smallest absolute Gasteiger partial charge is 0.295 e. The Balaban J connectivity index is 2.09. The Hall–Kier alpha value is -2.54. The molecule has 1 heterocycles. The Bertz CT molecular complexity index is 1000. The van der Waals surface area contributed by atoms with Crippen LogP contribution in [0.1, 0.15) is 30.5 Å². The largest absolute Gasteiger partial charge is 0.507 e. The number of hydrogen-bond donors (Lipinski definition) is 1. The first-order valence-corrected chi connectivity index (χ1v) is 10.6. The minimum Gasteiger partial charge on any atom is -0.507 e. The topological polar surface area (TPSA) is 76.1 Å². The first-order valence-electron chi connectivity index (χ1n) is 9.84. The van der Waals surface area contributed by atoms with E-state index in [1.807, 2.05) is 6.92 Å². The van der Waals surface area contributed by atoms with E-state index in [-0.39, 0.29) is 17.9 Å². The van der Waals surface area contributed by atoms with Gasteiger partial charge in [0, 0.05) is 35.4 Å². The maximum atomic E-state index is 13.0. The van der Waals surface area contributed by atoms with E-state index in [1.165, 1.54) is 12.0 Å². The molecule has 31 heavy (non-hydrogen) atoms. The van der Waals surface area contributed by atoms with Crippen LogP contribution in [0.2, 0.25) is 10.0 Å². The molecule has 2 aromatic rings. The van der Waals surface area contributed by atoms with E-state index in [2.05, 4.69) is 0 Å². The van der Waals surface area contributed by atoms with Crippen LogP contribution in [-0.4, -0.2) is 48.6 Å². The lowest BCUT2D eigenvalue weighted by Gasteiger charge is -2.26. The number of carbonyl (C=O) groups is 2. The van der Waals surface area contributed by atoms with Gasteiger partial charge in [-0.3, -0.25) is 9.59 Å². The van der Waals surface area contributed by atoms with Crippen molar-refractivity contribution < 1.29 is 24.2 Å². The standard InChI is InChI=1S/C23H23Cl2NO5/c1-3-31-12-4-11-26-20(17-10-7-15(24)13-18(17)25)19(22(28)23(26)29)21(27)14-5-8-16(30-2)9-6-14/h5-10,13,20,27H,3-4,11-12H2,1-2H3/t20-/m1/s1. The Morgan fingerprint density at radius 2 is 1.84 bits per heavy atom. The fourth-order valence-electron chi connectivity index (χ4n) is 3.54. The van der Waals surface area contributed by atoms with E-state index in [0.29, 0.717) is 46.6 Å². The average molecular weight is 464 g/mol. The van der Waals surface area contributed by atoms with Crippen molar-refractivity contribution in [2.75, 3.05) is 26.9 Å². The summed E-state index contributed by atoms with van der Waals surface area (Å²) in [6.07, 6.45) is 0.533. The minimum absolute atomic E-state index is 0.0178. The highest BCUT2D eigenvalue weighted by atomic mass is 35.5. The first kappa shape index (κ1) is 23.1. The van der Waals surface area contributed by atoms with Gasteiger partial charge < -0.3 is 19.5 Å². The number of nitrogens with zero attached hydrogens (tertiary/aromatic N) is 1. The molecule has 0 saturated carbocycles. The van der Waals surface area contributed by atoms with Crippen LogP contribution < -0.4 is 4.74 Å². The molecule has 1 saturated heterocycles. The van der Waals surface area contributed by atoms with Crippen LogP contribution in [0.15, 0.2) is 48.0 Å². The molecule has 1 aliphatic heterocycles. The van der Waals surface area contributed by atoms with Crippen molar-refractivity contribution in [2.24, 2.45) is 0 Å². The van der Waals surface area contributed by atoms with E-state index in [1.54, 1.807) is 42.5 Å². The second-order valence-corrected chi connectivity index (χ2v) is 7.78. The fraction of sp³-hybridized carbons (Fsp3) is 0.304. The predicted molar refractivity (Wildman–Crippen MR) is 120 cm³/mol. The summed E-state index contributed by atoms with van der Waals surface area (Å²) in [7, 11) is 1.53. The maximum Gasteiger partial charge on any atom is 0.295 e. The number of halogens is 2. The molecule has 3 rings (SSSR count). The lowest BCUT2D eigenvalue weighted by atomic mass is 9.95. The number of benzene rings is 2. The van der Waals surface area contributed by atoms with Crippen molar-refractivity contribution >= 4 is 40.7 Å². The minimum atomic E-state index is -0.839. The van der Waals surface area contributed by atoms with Crippen molar-refractivity contribution in [3.63, 3.8) is 0 Å². The Labute approximate surface area is 191 Å². The highest BCUT2D eigenvalue weighted by Gasteiger charge is 2.46. The highest BCUT2D eigenvalue weighted by Crippen LogP contribution is 2.42. The van der Waals surface area contributed by atoms with Crippen molar-refractivity contribution in [1.29, 1.82) is 0 Å². The van der Waals surface area contributed by atoms with Crippen LogP contribution >= 0.6 is 23.2 Å². The van der Waals surface area contributed by atoms with E-state index >= 15 is 0 Å². The van der Waals surface area contributed by atoms with Crippen LogP contribution in [0.4, 0.5) is 0 Å². The van der Waals surface area contributed by atoms with Crippen molar-refractivity contribution in [1.82, 2.24) is 4.90 Å². The van der Waals surface area contributed by atoms with Crippen molar-refractivity contribution in [3.05, 3.63) is 69.2 Å².